The van der Waals surface area contributed by atoms with Crippen LogP contribution in [-0.4, -0.2) is 33.3 Å². The molecule has 0 radical (unpaired) electrons. The minimum atomic E-state index is 0.251. The molecule has 0 aliphatic carbocycles. The van der Waals surface area contributed by atoms with E-state index in [4.69, 9.17) is 9.26 Å². The standard InChI is InChI=1S/C14H14N4O2/c1-2-11-10(7-16-13(11)15-4-1)6-12-17-14(20-18-12)9-3-5-19-8-9/h1-2,4,7,9H,3,5-6,8H2,(H,15,16)/t9-/m1/s1. The van der Waals surface area contributed by atoms with E-state index in [0.717, 1.165) is 29.6 Å². The van der Waals surface area contributed by atoms with E-state index in [2.05, 4.69) is 20.1 Å². The zero-order chi connectivity index (χ0) is 13.4. The zero-order valence-corrected chi connectivity index (χ0v) is 10.9. The van der Waals surface area contributed by atoms with Crippen molar-refractivity contribution in [3.05, 3.63) is 41.8 Å². The van der Waals surface area contributed by atoms with Gasteiger partial charge in [-0.25, -0.2) is 4.98 Å². The number of hydrogen-bond donors (Lipinski definition) is 1. The number of H-pyrrole nitrogens is 1. The lowest BCUT2D eigenvalue weighted by atomic mass is 10.1. The predicted octanol–water partition coefficient (Wildman–Crippen LogP) is 2.04. The first kappa shape index (κ1) is 11.6. The largest absolute Gasteiger partial charge is 0.381 e. The molecule has 1 fully saturated rings. The van der Waals surface area contributed by atoms with Gasteiger partial charge in [-0.1, -0.05) is 5.16 Å². The molecule has 102 valence electrons. The summed E-state index contributed by atoms with van der Waals surface area (Å²) >= 11 is 0. The number of rotatable bonds is 3. The van der Waals surface area contributed by atoms with E-state index in [1.165, 1.54) is 0 Å². The van der Waals surface area contributed by atoms with E-state index in [-0.39, 0.29) is 5.92 Å². The van der Waals surface area contributed by atoms with Gasteiger partial charge in [0.05, 0.1) is 12.5 Å². The van der Waals surface area contributed by atoms with Gasteiger partial charge in [-0.15, -0.1) is 0 Å². The summed E-state index contributed by atoms with van der Waals surface area (Å²) in [6, 6.07) is 3.97. The molecule has 3 aromatic heterocycles. The number of nitrogens with one attached hydrogen (secondary N) is 1. The van der Waals surface area contributed by atoms with Gasteiger partial charge in [0.2, 0.25) is 5.89 Å². The normalized spacial score (nSPS) is 18.9. The van der Waals surface area contributed by atoms with Crippen molar-refractivity contribution in [1.29, 1.82) is 0 Å². The van der Waals surface area contributed by atoms with Crippen LogP contribution in [0.1, 0.15) is 29.6 Å². The highest BCUT2D eigenvalue weighted by Gasteiger charge is 2.23. The Labute approximate surface area is 115 Å². The number of pyridine rings is 1. The summed E-state index contributed by atoms with van der Waals surface area (Å²) in [7, 11) is 0. The fourth-order valence-corrected chi connectivity index (χ4v) is 2.56. The van der Waals surface area contributed by atoms with E-state index in [9.17, 15) is 0 Å². The fourth-order valence-electron chi connectivity index (χ4n) is 2.56. The van der Waals surface area contributed by atoms with Crippen LogP contribution in [0.2, 0.25) is 0 Å². The van der Waals surface area contributed by atoms with E-state index in [0.29, 0.717) is 24.7 Å². The third-order valence-corrected chi connectivity index (χ3v) is 3.65. The van der Waals surface area contributed by atoms with Crippen molar-refractivity contribution < 1.29 is 9.26 Å². The molecule has 6 nitrogen and oxygen atoms in total. The molecule has 0 unspecified atom stereocenters. The molecule has 1 N–H and O–H groups in total. The number of aromatic nitrogens is 4. The highest BCUT2D eigenvalue weighted by molar-refractivity contribution is 5.79. The second kappa shape index (κ2) is 4.72. The van der Waals surface area contributed by atoms with Crippen LogP contribution in [-0.2, 0) is 11.2 Å². The van der Waals surface area contributed by atoms with Gasteiger partial charge >= 0.3 is 0 Å². The summed E-state index contributed by atoms with van der Waals surface area (Å²) < 4.78 is 10.7. The first-order chi connectivity index (χ1) is 9.90. The molecule has 4 rings (SSSR count). The van der Waals surface area contributed by atoms with Crippen LogP contribution in [0.3, 0.4) is 0 Å². The van der Waals surface area contributed by atoms with E-state index in [1.807, 2.05) is 18.3 Å². The lowest BCUT2D eigenvalue weighted by molar-refractivity contribution is 0.189. The maximum atomic E-state index is 5.34. The highest BCUT2D eigenvalue weighted by atomic mass is 16.5. The Morgan fingerprint density at radius 3 is 3.30 bits per heavy atom. The van der Waals surface area contributed by atoms with Crippen LogP contribution in [0, 0.1) is 0 Å². The third-order valence-electron chi connectivity index (χ3n) is 3.65. The van der Waals surface area contributed by atoms with Gasteiger partial charge in [0.15, 0.2) is 5.82 Å². The molecule has 4 heterocycles. The van der Waals surface area contributed by atoms with Crippen molar-refractivity contribution in [2.75, 3.05) is 13.2 Å². The average Bonchev–Trinajstić information content (AvgIpc) is 3.19. The van der Waals surface area contributed by atoms with E-state index < -0.39 is 0 Å². The lowest BCUT2D eigenvalue weighted by Crippen LogP contribution is -1.98. The van der Waals surface area contributed by atoms with Gasteiger partial charge in [-0.3, -0.25) is 0 Å². The summed E-state index contributed by atoms with van der Waals surface area (Å²) in [5.74, 6) is 1.65. The predicted molar refractivity (Wildman–Crippen MR) is 71.4 cm³/mol. The number of nitrogens with zero attached hydrogens (tertiary/aromatic N) is 3. The van der Waals surface area contributed by atoms with Crippen molar-refractivity contribution in [3.8, 4) is 0 Å². The summed E-state index contributed by atoms with van der Waals surface area (Å²) in [6.07, 6.45) is 5.32. The summed E-state index contributed by atoms with van der Waals surface area (Å²) in [4.78, 5) is 11.9. The number of aromatic amines is 1. The quantitative estimate of drug-likeness (QED) is 0.788. The summed E-state index contributed by atoms with van der Waals surface area (Å²) in [6.45, 7) is 1.45. The molecule has 0 amide bonds. The Kier molecular flexibility index (Phi) is 2.74. The molecule has 0 saturated carbocycles. The van der Waals surface area contributed by atoms with Crippen LogP contribution < -0.4 is 0 Å². The molecule has 20 heavy (non-hydrogen) atoms. The van der Waals surface area contributed by atoms with Gasteiger partial charge in [0, 0.05) is 30.8 Å². The van der Waals surface area contributed by atoms with Crippen LogP contribution in [0.5, 0.6) is 0 Å². The topological polar surface area (TPSA) is 76.8 Å². The molecule has 0 aromatic carbocycles. The molecular weight excluding hydrogens is 256 g/mol. The first-order valence-electron chi connectivity index (χ1n) is 6.71. The Hall–Kier alpha value is -2.21. The molecule has 1 aliphatic rings. The maximum Gasteiger partial charge on any atom is 0.232 e. The van der Waals surface area contributed by atoms with Gasteiger partial charge in [0.25, 0.3) is 0 Å². The van der Waals surface area contributed by atoms with Crippen molar-refractivity contribution in [3.63, 3.8) is 0 Å². The van der Waals surface area contributed by atoms with Crippen molar-refractivity contribution in [1.82, 2.24) is 20.1 Å². The van der Waals surface area contributed by atoms with Crippen LogP contribution in [0.15, 0.2) is 29.0 Å². The number of fused-ring (bicyclic) bond motifs is 1. The molecule has 0 bridgehead atoms. The molecule has 1 saturated heterocycles. The average molecular weight is 270 g/mol. The summed E-state index contributed by atoms with van der Waals surface area (Å²) in [5.41, 5.74) is 2.01. The first-order valence-corrected chi connectivity index (χ1v) is 6.71. The lowest BCUT2D eigenvalue weighted by Gasteiger charge is -1.97. The van der Waals surface area contributed by atoms with E-state index >= 15 is 0 Å². The molecule has 1 atom stereocenters. The third kappa shape index (κ3) is 1.98. The Morgan fingerprint density at radius 1 is 1.40 bits per heavy atom. The number of hydrogen-bond acceptors (Lipinski definition) is 5. The van der Waals surface area contributed by atoms with Crippen LogP contribution in [0.4, 0.5) is 0 Å². The minimum Gasteiger partial charge on any atom is -0.381 e. The van der Waals surface area contributed by atoms with Crippen LogP contribution in [0.25, 0.3) is 11.0 Å². The van der Waals surface area contributed by atoms with Crippen LogP contribution >= 0.6 is 0 Å². The number of ether oxygens (including phenoxy) is 1. The molecule has 1 aliphatic heterocycles. The van der Waals surface area contributed by atoms with Gasteiger partial charge in [0.1, 0.15) is 5.65 Å². The molecule has 6 heteroatoms. The molecule has 0 spiro atoms. The monoisotopic (exact) mass is 270 g/mol. The van der Waals surface area contributed by atoms with Gasteiger partial charge < -0.3 is 14.2 Å². The maximum absolute atomic E-state index is 5.34. The highest BCUT2D eigenvalue weighted by Crippen LogP contribution is 2.24. The summed E-state index contributed by atoms with van der Waals surface area (Å²) in [5, 5.41) is 5.17. The minimum absolute atomic E-state index is 0.251. The van der Waals surface area contributed by atoms with Crippen molar-refractivity contribution >= 4 is 11.0 Å². The van der Waals surface area contributed by atoms with Crippen molar-refractivity contribution in [2.24, 2.45) is 0 Å². The SMILES string of the molecule is c1cnc2[nH]cc(Cc3noc([C@@H]4CCOC4)n3)c2c1. The Balaban J connectivity index is 1.59. The van der Waals surface area contributed by atoms with Gasteiger partial charge in [-0.2, -0.15) is 4.98 Å². The fraction of sp³-hybridized carbons (Fsp3) is 0.357. The smallest absolute Gasteiger partial charge is 0.232 e. The van der Waals surface area contributed by atoms with Crippen molar-refractivity contribution in [2.45, 2.75) is 18.8 Å². The molecular formula is C14H14N4O2. The van der Waals surface area contributed by atoms with E-state index in [1.54, 1.807) is 6.20 Å². The second-order valence-corrected chi connectivity index (χ2v) is 5.00. The Bertz CT molecular complexity index is 727. The molecule has 3 aromatic rings. The second-order valence-electron chi connectivity index (χ2n) is 5.00. The van der Waals surface area contributed by atoms with Gasteiger partial charge in [-0.05, 0) is 24.1 Å². The zero-order valence-electron chi connectivity index (χ0n) is 10.9. The Morgan fingerprint density at radius 2 is 2.40 bits per heavy atom.